The van der Waals surface area contributed by atoms with Crippen molar-refractivity contribution in [2.75, 3.05) is 0 Å². The summed E-state index contributed by atoms with van der Waals surface area (Å²) in [6.45, 7) is 0. The summed E-state index contributed by atoms with van der Waals surface area (Å²) in [5.41, 5.74) is 5.89. The highest BCUT2D eigenvalue weighted by Crippen LogP contribution is 2.38. The van der Waals surface area contributed by atoms with Crippen LogP contribution < -0.4 is 0 Å². The van der Waals surface area contributed by atoms with Crippen molar-refractivity contribution in [1.29, 1.82) is 0 Å². The van der Waals surface area contributed by atoms with Crippen LogP contribution in [0, 0.1) is 0 Å². The maximum atomic E-state index is 6.70. The minimum absolute atomic E-state index is 0.815. The Kier molecular flexibility index (Phi) is 4.60. The van der Waals surface area contributed by atoms with Gasteiger partial charge in [0.05, 0.1) is 8.40 Å². The molecular weight excluding hydrogens is 340 g/mol. The summed E-state index contributed by atoms with van der Waals surface area (Å²) in [5, 5.41) is 3.55. The van der Waals surface area contributed by atoms with Gasteiger partial charge in [0, 0.05) is 10.6 Å². The summed E-state index contributed by atoms with van der Waals surface area (Å²) >= 11 is 6.70. The molecular formula is C23H17ClSi. The highest BCUT2D eigenvalue weighted by Gasteiger charge is 2.17. The van der Waals surface area contributed by atoms with Gasteiger partial charge < -0.3 is 0 Å². The van der Waals surface area contributed by atoms with E-state index >= 15 is 0 Å². The maximum absolute atomic E-state index is 6.70. The lowest BCUT2D eigenvalue weighted by Crippen LogP contribution is -2.04. The van der Waals surface area contributed by atoms with Crippen molar-refractivity contribution in [2.45, 2.75) is 0 Å². The van der Waals surface area contributed by atoms with Crippen LogP contribution in [-0.2, 0) is 0 Å². The van der Waals surface area contributed by atoms with Crippen LogP contribution >= 0.6 is 11.6 Å². The third-order valence-electron chi connectivity index (χ3n) is 4.36. The van der Waals surface area contributed by atoms with E-state index in [4.69, 9.17) is 11.6 Å². The minimum atomic E-state index is -1.05. The van der Waals surface area contributed by atoms with Crippen molar-refractivity contribution in [1.82, 2.24) is 0 Å². The fraction of sp³-hybridized carbons (Fsp3) is 0. The van der Waals surface area contributed by atoms with Gasteiger partial charge >= 0.3 is 0 Å². The highest BCUT2D eigenvalue weighted by molar-refractivity contribution is 6.72. The van der Waals surface area contributed by atoms with E-state index in [1.54, 1.807) is 0 Å². The Morgan fingerprint density at radius 3 is 1.68 bits per heavy atom. The van der Waals surface area contributed by atoms with Crippen LogP contribution in [0.5, 0.6) is 0 Å². The molecule has 0 amide bonds. The van der Waals surface area contributed by atoms with Crippen LogP contribution in [0.15, 0.2) is 103 Å². The lowest BCUT2D eigenvalue weighted by Gasteiger charge is -2.17. The molecule has 0 aliphatic rings. The molecule has 0 spiro atoms. The van der Waals surface area contributed by atoms with Gasteiger partial charge in [0.1, 0.15) is 0 Å². The van der Waals surface area contributed by atoms with Gasteiger partial charge in [-0.25, -0.2) is 0 Å². The molecule has 3 aromatic carbocycles. The average Bonchev–Trinajstić information content (AvgIpc) is 2.70. The van der Waals surface area contributed by atoms with Gasteiger partial charge in [-0.2, -0.15) is 0 Å². The first-order valence-corrected chi connectivity index (χ1v) is 10.3. The van der Waals surface area contributed by atoms with Crippen molar-refractivity contribution in [3.8, 4) is 27.1 Å². The lowest BCUT2D eigenvalue weighted by atomic mass is 10.0. The molecule has 120 valence electrons. The predicted octanol–water partition coefficient (Wildman–Crippen LogP) is 6.69. The molecule has 0 saturated heterocycles. The summed E-state index contributed by atoms with van der Waals surface area (Å²) in [4.78, 5) is 0. The van der Waals surface area contributed by atoms with Gasteiger partial charge in [-0.05, 0) is 27.6 Å². The Labute approximate surface area is 154 Å². The number of hydrogen-bond donors (Lipinski definition) is 0. The van der Waals surface area contributed by atoms with E-state index in [0.717, 1.165) is 10.6 Å². The number of benzene rings is 3. The van der Waals surface area contributed by atoms with Gasteiger partial charge in [0.15, 0.2) is 0 Å². The topological polar surface area (TPSA) is 0 Å². The normalized spacial score (nSPS) is 10.6. The minimum Gasteiger partial charge on any atom is -0.0837 e. The van der Waals surface area contributed by atoms with E-state index in [1.807, 2.05) is 6.07 Å². The zero-order valence-corrected chi connectivity index (χ0v) is 15.4. The Morgan fingerprint density at radius 2 is 1.08 bits per heavy atom. The van der Waals surface area contributed by atoms with Gasteiger partial charge in [-0.1, -0.05) is 108 Å². The molecule has 0 atom stereocenters. The summed E-state index contributed by atoms with van der Waals surface area (Å²) < 4.78 is 0. The van der Waals surface area contributed by atoms with E-state index in [1.165, 1.54) is 21.5 Å². The second-order valence-corrected chi connectivity index (χ2v) is 8.59. The zero-order chi connectivity index (χ0) is 17.1. The van der Waals surface area contributed by atoms with Crippen LogP contribution in [0.4, 0.5) is 0 Å². The van der Waals surface area contributed by atoms with E-state index in [2.05, 4.69) is 96.7 Å². The third kappa shape index (κ3) is 3.21. The molecule has 0 nitrogen and oxygen atoms in total. The average molecular weight is 357 g/mol. The smallest absolute Gasteiger partial charge is 0.0817 e. The first-order chi connectivity index (χ1) is 12.3. The first-order valence-electron chi connectivity index (χ1n) is 8.33. The van der Waals surface area contributed by atoms with Crippen molar-refractivity contribution in [3.63, 3.8) is 0 Å². The fourth-order valence-electron chi connectivity index (χ4n) is 3.23. The van der Waals surface area contributed by atoms with Crippen LogP contribution in [0.2, 0.25) is 5.02 Å². The van der Waals surface area contributed by atoms with Crippen molar-refractivity contribution >= 4 is 20.0 Å². The van der Waals surface area contributed by atoms with Gasteiger partial charge in [-0.15, -0.1) is 0 Å². The van der Waals surface area contributed by atoms with Crippen molar-refractivity contribution < 1.29 is 0 Å². The SMILES string of the molecule is Clc1cc[si](-c2ccccc2)c(-c2ccccc2)c1-c1ccccc1. The van der Waals surface area contributed by atoms with Gasteiger partial charge in [-0.3, -0.25) is 0 Å². The molecule has 0 radical (unpaired) electrons. The Hall–Kier alpha value is -2.48. The second kappa shape index (κ2) is 7.18. The molecule has 1 aromatic heterocycles. The Morgan fingerprint density at radius 1 is 0.560 bits per heavy atom. The summed E-state index contributed by atoms with van der Waals surface area (Å²) in [6, 6.07) is 33.9. The molecule has 0 bridgehead atoms. The molecule has 0 N–H and O–H groups in total. The van der Waals surface area contributed by atoms with Crippen LogP contribution in [0.3, 0.4) is 0 Å². The lowest BCUT2D eigenvalue weighted by molar-refractivity contribution is 1.62. The van der Waals surface area contributed by atoms with Crippen molar-refractivity contribution in [2.24, 2.45) is 0 Å². The molecule has 2 heteroatoms. The van der Waals surface area contributed by atoms with E-state index in [0.29, 0.717) is 0 Å². The summed E-state index contributed by atoms with van der Waals surface area (Å²) in [7, 11) is -1.05. The number of rotatable bonds is 3. The first kappa shape index (κ1) is 16.0. The van der Waals surface area contributed by atoms with Crippen LogP contribution in [0.25, 0.3) is 27.1 Å². The molecule has 1 heterocycles. The fourth-order valence-corrected chi connectivity index (χ4v) is 6.24. The highest BCUT2D eigenvalue weighted by atomic mass is 35.5. The molecule has 0 aliphatic heterocycles. The molecule has 0 fully saturated rings. The Balaban J connectivity index is 2.08. The maximum Gasteiger partial charge on any atom is 0.0817 e. The monoisotopic (exact) mass is 356 g/mol. The summed E-state index contributed by atoms with van der Waals surface area (Å²) in [6.07, 6.45) is 0. The Bertz CT molecular complexity index is 980. The molecule has 4 rings (SSSR count). The molecule has 0 aliphatic carbocycles. The summed E-state index contributed by atoms with van der Waals surface area (Å²) in [5.74, 6) is 0. The van der Waals surface area contributed by atoms with Gasteiger partial charge in [0.25, 0.3) is 0 Å². The third-order valence-corrected chi connectivity index (χ3v) is 7.21. The molecule has 0 unspecified atom stereocenters. The molecule has 0 saturated carbocycles. The zero-order valence-electron chi connectivity index (χ0n) is 13.7. The largest absolute Gasteiger partial charge is 0.0837 e. The van der Waals surface area contributed by atoms with Crippen LogP contribution in [-0.4, -0.2) is 8.40 Å². The van der Waals surface area contributed by atoms with Gasteiger partial charge in [0.2, 0.25) is 0 Å². The molecule has 25 heavy (non-hydrogen) atoms. The quantitative estimate of drug-likeness (QED) is 0.359. The van der Waals surface area contributed by atoms with E-state index < -0.39 is 8.40 Å². The second-order valence-electron chi connectivity index (χ2n) is 5.94. The number of halogens is 1. The number of hydrogen-bond acceptors (Lipinski definition) is 0. The van der Waals surface area contributed by atoms with E-state index in [-0.39, 0.29) is 0 Å². The predicted molar refractivity (Wildman–Crippen MR) is 110 cm³/mol. The van der Waals surface area contributed by atoms with Crippen LogP contribution in [0.1, 0.15) is 0 Å². The standard InChI is InChI=1S/C23H17ClSi/c24-21-16-17-25(20-14-8-3-9-15-20)23(19-12-6-2-7-13-19)22(21)18-10-4-1-5-11-18/h1-17H. The van der Waals surface area contributed by atoms with Crippen molar-refractivity contribution in [3.05, 3.63) is 108 Å². The molecule has 4 aromatic rings. The van der Waals surface area contributed by atoms with E-state index in [9.17, 15) is 0 Å².